The number of H-pyrrole nitrogens is 1. The highest BCUT2D eigenvalue weighted by molar-refractivity contribution is 5.86. The van der Waals surface area contributed by atoms with E-state index in [1.165, 1.54) is 12.4 Å². The number of nitrogens with one attached hydrogen (secondary N) is 2. The van der Waals surface area contributed by atoms with Gasteiger partial charge in [-0.1, -0.05) is 13.8 Å². The van der Waals surface area contributed by atoms with Crippen LogP contribution < -0.4 is 10.9 Å². The Morgan fingerprint density at radius 2 is 2.12 bits per heavy atom. The van der Waals surface area contributed by atoms with Gasteiger partial charge in [-0.15, -0.1) is 0 Å². The Labute approximate surface area is 145 Å². The van der Waals surface area contributed by atoms with Crippen molar-refractivity contribution in [2.45, 2.75) is 32.7 Å². The molecule has 0 unspecified atom stereocenters. The summed E-state index contributed by atoms with van der Waals surface area (Å²) in [5.74, 6) is 0.634. The Morgan fingerprint density at radius 1 is 1.40 bits per heavy atom. The molecule has 2 N–H and O–H groups in total. The van der Waals surface area contributed by atoms with Crippen LogP contribution in [-0.2, 0) is 0 Å². The van der Waals surface area contributed by atoms with E-state index < -0.39 is 4.92 Å². The zero-order valence-corrected chi connectivity index (χ0v) is 14.5. The molecule has 0 atom stereocenters. The van der Waals surface area contributed by atoms with E-state index in [4.69, 9.17) is 0 Å². The summed E-state index contributed by atoms with van der Waals surface area (Å²) in [7, 11) is 0. The number of benzene rings is 1. The van der Waals surface area contributed by atoms with Gasteiger partial charge in [-0.05, 0) is 24.8 Å². The summed E-state index contributed by atoms with van der Waals surface area (Å²) in [5.41, 5.74) is 0.421. The van der Waals surface area contributed by atoms with Gasteiger partial charge in [0.25, 0.3) is 11.2 Å². The second-order valence-corrected chi connectivity index (χ2v) is 6.99. The van der Waals surface area contributed by atoms with Crippen molar-refractivity contribution in [1.82, 2.24) is 14.9 Å². The quantitative estimate of drug-likeness (QED) is 0.637. The van der Waals surface area contributed by atoms with Gasteiger partial charge in [-0.3, -0.25) is 14.9 Å². The number of piperidine rings is 1. The first kappa shape index (κ1) is 17.3. The second kappa shape index (κ2) is 7.18. The summed E-state index contributed by atoms with van der Waals surface area (Å²) in [6.07, 6.45) is 3.18. The molecule has 3 rings (SSSR count). The van der Waals surface area contributed by atoms with Crippen LogP contribution >= 0.6 is 0 Å². The number of fused-ring (bicyclic) bond motifs is 1. The first-order valence-electron chi connectivity index (χ1n) is 8.58. The van der Waals surface area contributed by atoms with Crippen molar-refractivity contribution >= 4 is 22.3 Å². The molecule has 2 heterocycles. The van der Waals surface area contributed by atoms with E-state index in [0.29, 0.717) is 17.1 Å². The van der Waals surface area contributed by atoms with Crippen LogP contribution in [0.3, 0.4) is 0 Å². The minimum Gasteiger partial charge on any atom is -0.377 e. The third kappa shape index (κ3) is 3.96. The Bertz CT molecular complexity index is 825. The average molecular weight is 345 g/mol. The summed E-state index contributed by atoms with van der Waals surface area (Å²) >= 11 is 0. The standard InChI is InChI=1S/C17H23N5O3/c1-11(2)9-21-5-3-12(4-6-21)20-15-8-14-13(7-16(15)22(24)25)17(23)19-10-18-14/h7-8,10-12,20H,3-6,9H2,1-2H3,(H,18,19,23). The molecule has 134 valence electrons. The topological polar surface area (TPSA) is 104 Å². The summed E-state index contributed by atoms with van der Waals surface area (Å²) in [4.78, 5) is 31.8. The second-order valence-electron chi connectivity index (χ2n) is 6.99. The molecular formula is C17H23N5O3. The van der Waals surface area contributed by atoms with Crippen molar-refractivity contribution in [3.63, 3.8) is 0 Å². The van der Waals surface area contributed by atoms with Crippen molar-refractivity contribution in [1.29, 1.82) is 0 Å². The van der Waals surface area contributed by atoms with Crippen molar-refractivity contribution in [3.8, 4) is 0 Å². The minimum absolute atomic E-state index is 0.0874. The van der Waals surface area contributed by atoms with Gasteiger partial charge in [-0.25, -0.2) is 4.98 Å². The predicted octanol–water partition coefficient (Wildman–Crippen LogP) is 2.36. The lowest BCUT2D eigenvalue weighted by atomic mass is 10.0. The van der Waals surface area contributed by atoms with Gasteiger partial charge in [0.1, 0.15) is 5.69 Å². The summed E-state index contributed by atoms with van der Waals surface area (Å²) < 4.78 is 0. The lowest BCUT2D eigenvalue weighted by Crippen LogP contribution is -2.40. The maximum absolute atomic E-state index is 11.8. The third-order valence-electron chi connectivity index (χ3n) is 4.53. The zero-order chi connectivity index (χ0) is 18.0. The fraction of sp³-hybridized carbons (Fsp3) is 0.529. The Hall–Kier alpha value is -2.48. The molecule has 1 aromatic carbocycles. The molecule has 8 nitrogen and oxygen atoms in total. The first-order chi connectivity index (χ1) is 11.9. The molecule has 0 saturated carbocycles. The first-order valence-corrected chi connectivity index (χ1v) is 8.58. The largest absolute Gasteiger partial charge is 0.377 e. The van der Waals surface area contributed by atoms with E-state index in [1.807, 2.05) is 0 Å². The normalized spacial score (nSPS) is 16.4. The molecule has 0 spiro atoms. The monoisotopic (exact) mass is 345 g/mol. The van der Waals surface area contributed by atoms with Crippen LogP contribution in [-0.4, -0.2) is 45.5 Å². The van der Waals surface area contributed by atoms with Gasteiger partial charge >= 0.3 is 0 Å². The van der Waals surface area contributed by atoms with Crippen LogP contribution in [0.15, 0.2) is 23.3 Å². The molecule has 8 heteroatoms. The van der Waals surface area contributed by atoms with Gasteiger partial charge in [-0.2, -0.15) is 0 Å². The molecule has 0 bridgehead atoms. The number of nitrogens with zero attached hydrogens (tertiary/aromatic N) is 3. The maximum atomic E-state index is 11.8. The molecule has 1 aliphatic heterocycles. The molecule has 0 amide bonds. The Kier molecular flexibility index (Phi) is 4.98. The van der Waals surface area contributed by atoms with Crippen LogP contribution in [0.25, 0.3) is 10.9 Å². The lowest BCUT2D eigenvalue weighted by molar-refractivity contribution is -0.383. The van der Waals surface area contributed by atoms with Crippen LogP contribution in [0.1, 0.15) is 26.7 Å². The van der Waals surface area contributed by atoms with Crippen LogP contribution in [0, 0.1) is 16.0 Å². The van der Waals surface area contributed by atoms with Gasteiger partial charge in [0.2, 0.25) is 0 Å². The van der Waals surface area contributed by atoms with Crippen LogP contribution in [0.5, 0.6) is 0 Å². The van der Waals surface area contributed by atoms with Crippen molar-refractivity contribution in [2.24, 2.45) is 5.92 Å². The summed E-state index contributed by atoms with van der Waals surface area (Å²) in [6.45, 7) is 7.45. The van der Waals surface area contributed by atoms with E-state index in [-0.39, 0.29) is 22.7 Å². The molecule has 0 aliphatic carbocycles. The summed E-state index contributed by atoms with van der Waals surface area (Å²) in [6, 6.07) is 3.09. The lowest BCUT2D eigenvalue weighted by Gasteiger charge is -2.33. The van der Waals surface area contributed by atoms with Gasteiger partial charge in [0, 0.05) is 31.7 Å². The fourth-order valence-corrected chi connectivity index (χ4v) is 3.37. The van der Waals surface area contributed by atoms with Gasteiger partial charge in [0.15, 0.2) is 0 Å². The molecule has 2 aromatic rings. The number of anilines is 1. The minimum atomic E-state index is -0.456. The summed E-state index contributed by atoms with van der Waals surface area (Å²) in [5, 5.41) is 14.9. The third-order valence-corrected chi connectivity index (χ3v) is 4.53. The van der Waals surface area contributed by atoms with Gasteiger partial charge in [0.05, 0.1) is 22.2 Å². The number of hydrogen-bond acceptors (Lipinski definition) is 6. The van der Waals surface area contributed by atoms with E-state index in [1.54, 1.807) is 6.07 Å². The van der Waals surface area contributed by atoms with E-state index in [9.17, 15) is 14.9 Å². The number of hydrogen-bond donors (Lipinski definition) is 2. The van der Waals surface area contributed by atoms with Crippen molar-refractivity contribution < 1.29 is 4.92 Å². The van der Waals surface area contributed by atoms with Crippen molar-refractivity contribution in [2.75, 3.05) is 25.0 Å². The molecule has 1 fully saturated rings. The van der Waals surface area contributed by atoms with Crippen LogP contribution in [0.2, 0.25) is 0 Å². The number of aromatic amines is 1. The fourth-order valence-electron chi connectivity index (χ4n) is 3.37. The highest BCUT2D eigenvalue weighted by atomic mass is 16.6. The number of aromatic nitrogens is 2. The number of likely N-dealkylation sites (tertiary alicyclic amines) is 1. The van der Waals surface area contributed by atoms with Gasteiger partial charge < -0.3 is 15.2 Å². The van der Waals surface area contributed by atoms with E-state index in [2.05, 4.69) is 34.0 Å². The number of nitro groups is 1. The van der Waals surface area contributed by atoms with Crippen molar-refractivity contribution in [3.05, 3.63) is 38.9 Å². The molecule has 25 heavy (non-hydrogen) atoms. The maximum Gasteiger partial charge on any atom is 0.293 e. The molecule has 1 aliphatic rings. The predicted molar refractivity (Wildman–Crippen MR) is 96.9 cm³/mol. The van der Waals surface area contributed by atoms with Crippen LogP contribution in [0.4, 0.5) is 11.4 Å². The van der Waals surface area contributed by atoms with E-state index in [0.717, 1.165) is 32.5 Å². The molecule has 1 aromatic heterocycles. The average Bonchev–Trinajstić information content (AvgIpc) is 2.56. The van der Waals surface area contributed by atoms with E-state index >= 15 is 0 Å². The zero-order valence-electron chi connectivity index (χ0n) is 14.5. The molecular weight excluding hydrogens is 322 g/mol. The highest BCUT2D eigenvalue weighted by Gasteiger charge is 2.23. The SMILES string of the molecule is CC(C)CN1CCC(Nc2cc3nc[nH]c(=O)c3cc2[N+](=O)[O-])CC1. The highest BCUT2D eigenvalue weighted by Crippen LogP contribution is 2.30. The Balaban J connectivity index is 1.80. The number of rotatable bonds is 5. The Morgan fingerprint density at radius 3 is 2.76 bits per heavy atom. The number of nitro benzene ring substituents is 1. The molecule has 0 radical (unpaired) electrons. The smallest absolute Gasteiger partial charge is 0.293 e. The molecule has 1 saturated heterocycles.